The Bertz CT molecular complexity index is 418. The second kappa shape index (κ2) is 5.11. The smallest absolute Gasteiger partial charge is 0.335 e. The van der Waals surface area contributed by atoms with E-state index in [1.165, 1.54) is 0 Å². The summed E-state index contributed by atoms with van der Waals surface area (Å²) in [5, 5.41) is 19.0. The monoisotopic (exact) mass is 248 g/mol. The maximum absolute atomic E-state index is 10.7. The van der Waals surface area contributed by atoms with Gasteiger partial charge in [0.15, 0.2) is 0 Å². The van der Waals surface area contributed by atoms with Gasteiger partial charge in [-0.05, 0) is 55.2 Å². The van der Waals surface area contributed by atoms with Crippen molar-refractivity contribution in [3.05, 3.63) is 35.4 Å². The highest BCUT2D eigenvalue weighted by atomic mass is 16.4. The van der Waals surface area contributed by atoms with Gasteiger partial charge in [-0.1, -0.05) is 19.1 Å². The van der Waals surface area contributed by atoms with Gasteiger partial charge in [0.25, 0.3) is 0 Å². The summed E-state index contributed by atoms with van der Waals surface area (Å²) in [7, 11) is 0. The lowest BCUT2D eigenvalue weighted by molar-refractivity contribution is 0.0696. The third-order valence-corrected chi connectivity index (χ3v) is 4.21. The fraction of sp³-hybridized carbons (Fsp3) is 0.533. The Balaban J connectivity index is 1.88. The van der Waals surface area contributed by atoms with Gasteiger partial charge >= 0.3 is 5.97 Å². The number of carboxylic acids is 1. The molecule has 98 valence electrons. The molecule has 0 heterocycles. The molecule has 0 radical (unpaired) electrons. The van der Waals surface area contributed by atoms with Gasteiger partial charge in [-0.25, -0.2) is 4.79 Å². The van der Waals surface area contributed by atoms with Crippen molar-refractivity contribution in [3.63, 3.8) is 0 Å². The molecule has 18 heavy (non-hydrogen) atoms. The average Bonchev–Trinajstić information content (AvgIpc) is 3.17. The van der Waals surface area contributed by atoms with E-state index in [-0.39, 0.29) is 11.5 Å². The van der Waals surface area contributed by atoms with Crippen molar-refractivity contribution in [2.45, 2.75) is 45.1 Å². The maximum Gasteiger partial charge on any atom is 0.335 e. The molecule has 1 aliphatic rings. The number of carbonyl (C=O) groups is 1. The van der Waals surface area contributed by atoms with Crippen molar-refractivity contribution in [2.75, 3.05) is 0 Å². The van der Waals surface area contributed by atoms with Crippen molar-refractivity contribution in [1.82, 2.24) is 0 Å². The van der Waals surface area contributed by atoms with Crippen LogP contribution in [0.3, 0.4) is 0 Å². The van der Waals surface area contributed by atoms with E-state index in [4.69, 9.17) is 5.11 Å². The molecule has 0 bridgehead atoms. The number of carboxylic acid groups (broad SMARTS) is 1. The van der Waals surface area contributed by atoms with Crippen LogP contribution in [-0.2, 0) is 6.42 Å². The summed E-state index contributed by atoms with van der Waals surface area (Å²) in [6.45, 7) is 2.14. The number of aromatic carboxylic acids is 1. The van der Waals surface area contributed by atoms with Crippen molar-refractivity contribution in [3.8, 4) is 0 Å². The summed E-state index contributed by atoms with van der Waals surface area (Å²) in [6.07, 6.45) is 4.68. The van der Waals surface area contributed by atoms with E-state index in [1.54, 1.807) is 12.1 Å². The molecule has 0 saturated heterocycles. The zero-order valence-corrected chi connectivity index (χ0v) is 10.7. The van der Waals surface area contributed by atoms with Gasteiger partial charge < -0.3 is 10.2 Å². The zero-order chi connectivity index (χ0) is 13.2. The first-order valence-corrected chi connectivity index (χ1v) is 6.58. The number of rotatable bonds is 6. The van der Waals surface area contributed by atoms with Gasteiger partial charge in [-0.3, -0.25) is 0 Å². The summed E-state index contributed by atoms with van der Waals surface area (Å²) in [5.74, 6) is -0.899. The first-order valence-electron chi connectivity index (χ1n) is 6.58. The Morgan fingerprint density at radius 3 is 2.39 bits per heavy atom. The lowest BCUT2D eigenvalue weighted by atomic mass is 9.91. The first kappa shape index (κ1) is 13.1. The molecule has 3 nitrogen and oxygen atoms in total. The minimum Gasteiger partial charge on any atom is -0.478 e. The molecule has 1 fully saturated rings. The van der Waals surface area contributed by atoms with E-state index < -0.39 is 5.97 Å². The normalized spacial score (nSPS) is 18.3. The topological polar surface area (TPSA) is 57.5 Å². The van der Waals surface area contributed by atoms with Crippen molar-refractivity contribution >= 4 is 5.97 Å². The molecule has 3 heteroatoms. The zero-order valence-electron chi connectivity index (χ0n) is 10.7. The third-order valence-electron chi connectivity index (χ3n) is 4.21. The molecular formula is C15H20O3. The fourth-order valence-electron chi connectivity index (χ4n) is 2.51. The lowest BCUT2D eigenvalue weighted by Gasteiger charge is -2.20. The Morgan fingerprint density at radius 2 is 1.94 bits per heavy atom. The number of hydrogen-bond acceptors (Lipinski definition) is 2. The Hall–Kier alpha value is -1.35. The molecule has 0 spiro atoms. The van der Waals surface area contributed by atoms with Crippen molar-refractivity contribution in [1.29, 1.82) is 0 Å². The van der Waals surface area contributed by atoms with Crippen LogP contribution in [0.15, 0.2) is 24.3 Å². The molecule has 1 aliphatic carbocycles. The van der Waals surface area contributed by atoms with Gasteiger partial charge in [-0.2, -0.15) is 0 Å². The number of hydrogen-bond donors (Lipinski definition) is 2. The molecule has 2 rings (SSSR count). The summed E-state index contributed by atoms with van der Waals surface area (Å²) in [4.78, 5) is 10.7. The SMILES string of the molecule is CCC1(C(O)CCc2ccc(C(=O)O)cc2)CC1. The summed E-state index contributed by atoms with van der Waals surface area (Å²) >= 11 is 0. The largest absolute Gasteiger partial charge is 0.478 e. The Labute approximate surface area is 107 Å². The molecule has 1 unspecified atom stereocenters. The van der Waals surface area contributed by atoms with Gasteiger partial charge in [0.05, 0.1) is 11.7 Å². The minimum atomic E-state index is -0.899. The van der Waals surface area contributed by atoms with Crippen LogP contribution in [0.5, 0.6) is 0 Å². The van der Waals surface area contributed by atoms with E-state index in [0.29, 0.717) is 5.56 Å². The van der Waals surface area contributed by atoms with Gasteiger partial charge in [-0.15, -0.1) is 0 Å². The minimum absolute atomic E-state index is 0.182. The molecule has 1 atom stereocenters. The number of aliphatic hydroxyl groups is 1. The van der Waals surface area contributed by atoms with E-state index in [2.05, 4.69) is 6.92 Å². The molecule has 0 aliphatic heterocycles. The molecule has 0 amide bonds. The number of aryl methyl sites for hydroxylation is 1. The second-order valence-electron chi connectivity index (χ2n) is 5.27. The highest BCUT2D eigenvalue weighted by Crippen LogP contribution is 2.52. The van der Waals surface area contributed by atoms with Crippen LogP contribution in [0.25, 0.3) is 0 Å². The predicted octanol–water partition coefficient (Wildman–Crippen LogP) is 2.87. The predicted molar refractivity (Wildman–Crippen MR) is 69.7 cm³/mol. The number of aliphatic hydroxyl groups excluding tert-OH is 1. The fourth-order valence-corrected chi connectivity index (χ4v) is 2.51. The number of benzene rings is 1. The standard InChI is InChI=1S/C15H20O3/c1-2-15(9-10-15)13(16)8-5-11-3-6-12(7-4-11)14(17)18/h3-4,6-7,13,16H,2,5,8-10H2,1H3,(H,17,18). The molecule has 1 aromatic rings. The maximum atomic E-state index is 10.7. The molecule has 0 aromatic heterocycles. The van der Waals surface area contributed by atoms with Gasteiger partial charge in [0, 0.05) is 0 Å². The quantitative estimate of drug-likeness (QED) is 0.813. The summed E-state index contributed by atoms with van der Waals surface area (Å²) in [5.41, 5.74) is 1.58. The van der Waals surface area contributed by atoms with Crippen LogP contribution in [0.2, 0.25) is 0 Å². The van der Waals surface area contributed by atoms with Crippen molar-refractivity contribution < 1.29 is 15.0 Å². The highest BCUT2D eigenvalue weighted by molar-refractivity contribution is 5.87. The van der Waals surface area contributed by atoms with Crippen molar-refractivity contribution in [2.24, 2.45) is 5.41 Å². The Morgan fingerprint density at radius 1 is 1.33 bits per heavy atom. The van der Waals surface area contributed by atoms with E-state index in [0.717, 1.165) is 37.7 Å². The summed E-state index contributed by atoms with van der Waals surface area (Å²) < 4.78 is 0. The molecular weight excluding hydrogens is 228 g/mol. The third kappa shape index (κ3) is 2.72. The van der Waals surface area contributed by atoms with Crippen LogP contribution in [0.1, 0.15) is 48.5 Å². The molecule has 1 saturated carbocycles. The second-order valence-corrected chi connectivity index (χ2v) is 5.27. The van der Waals surface area contributed by atoms with Crippen LogP contribution < -0.4 is 0 Å². The summed E-state index contributed by atoms with van der Waals surface area (Å²) in [6, 6.07) is 6.91. The Kier molecular flexibility index (Phi) is 3.71. The van der Waals surface area contributed by atoms with E-state index >= 15 is 0 Å². The van der Waals surface area contributed by atoms with Crippen LogP contribution in [-0.4, -0.2) is 22.3 Å². The molecule has 1 aromatic carbocycles. The van der Waals surface area contributed by atoms with E-state index in [9.17, 15) is 9.90 Å². The van der Waals surface area contributed by atoms with Crippen LogP contribution >= 0.6 is 0 Å². The van der Waals surface area contributed by atoms with Crippen LogP contribution in [0, 0.1) is 5.41 Å². The lowest BCUT2D eigenvalue weighted by Crippen LogP contribution is -2.21. The van der Waals surface area contributed by atoms with Gasteiger partial charge in [0.2, 0.25) is 0 Å². The van der Waals surface area contributed by atoms with Gasteiger partial charge in [0.1, 0.15) is 0 Å². The first-order chi connectivity index (χ1) is 8.57. The van der Waals surface area contributed by atoms with E-state index in [1.807, 2.05) is 12.1 Å². The highest BCUT2D eigenvalue weighted by Gasteiger charge is 2.46. The molecule has 2 N–H and O–H groups in total. The van der Waals surface area contributed by atoms with Crippen LogP contribution in [0.4, 0.5) is 0 Å². The average molecular weight is 248 g/mol.